The summed E-state index contributed by atoms with van der Waals surface area (Å²) in [6.07, 6.45) is 3.38. The molecule has 176 valence electrons. The lowest BCUT2D eigenvalue weighted by Gasteiger charge is -2.19. The zero-order valence-corrected chi connectivity index (χ0v) is 19.5. The van der Waals surface area contributed by atoms with Gasteiger partial charge in [-0.2, -0.15) is 4.98 Å². The molecule has 1 fully saturated rings. The minimum atomic E-state index is -0.0828. The zero-order chi connectivity index (χ0) is 23.7. The van der Waals surface area contributed by atoms with Gasteiger partial charge in [0.05, 0.1) is 12.1 Å². The SMILES string of the molecule is CC(C)N1Cc2c(NCc3cnc4ccccc4c3)nc(NCCN3CCCC3=O)nc2C1=O. The lowest BCUT2D eigenvalue weighted by atomic mass is 10.1. The molecular formula is C25H29N7O2. The molecule has 0 saturated carbocycles. The first-order chi connectivity index (χ1) is 16.5. The molecule has 1 aromatic carbocycles. The number of nitrogens with zero attached hydrogens (tertiary/aromatic N) is 5. The second-order valence-corrected chi connectivity index (χ2v) is 9.05. The van der Waals surface area contributed by atoms with Gasteiger partial charge in [0.2, 0.25) is 11.9 Å². The molecule has 2 aliphatic heterocycles. The molecule has 0 aliphatic carbocycles. The van der Waals surface area contributed by atoms with Crippen LogP contribution in [0.3, 0.4) is 0 Å². The van der Waals surface area contributed by atoms with Crippen LogP contribution in [0.4, 0.5) is 11.8 Å². The van der Waals surface area contributed by atoms with Crippen molar-refractivity contribution in [1.29, 1.82) is 0 Å². The Morgan fingerprint density at radius 2 is 1.97 bits per heavy atom. The van der Waals surface area contributed by atoms with E-state index in [0.717, 1.165) is 35.0 Å². The van der Waals surface area contributed by atoms with Crippen molar-refractivity contribution in [3.05, 3.63) is 53.3 Å². The predicted molar refractivity (Wildman–Crippen MR) is 130 cm³/mol. The molecule has 0 bridgehead atoms. The average molecular weight is 460 g/mol. The van der Waals surface area contributed by atoms with E-state index >= 15 is 0 Å². The lowest BCUT2D eigenvalue weighted by molar-refractivity contribution is -0.127. The fourth-order valence-electron chi connectivity index (χ4n) is 4.47. The number of carbonyl (C=O) groups excluding carboxylic acids is 2. The Labute approximate surface area is 198 Å². The first-order valence-corrected chi connectivity index (χ1v) is 11.8. The van der Waals surface area contributed by atoms with Crippen LogP contribution in [0.25, 0.3) is 10.9 Å². The number of amides is 2. The standard InChI is InChI=1S/C25H29N7O2/c1-16(2)32-15-19-22(24(32)34)29-25(26-9-11-31-10-5-8-21(31)33)30-23(19)28-14-17-12-18-6-3-4-7-20(18)27-13-17/h3-4,6-7,12-13,16H,5,8-11,14-15H2,1-2H3,(H2,26,28,29,30). The summed E-state index contributed by atoms with van der Waals surface area (Å²) in [6, 6.07) is 10.2. The van der Waals surface area contributed by atoms with Crippen molar-refractivity contribution in [2.75, 3.05) is 30.3 Å². The van der Waals surface area contributed by atoms with E-state index in [0.29, 0.717) is 50.1 Å². The number of pyridine rings is 1. The van der Waals surface area contributed by atoms with E-state index in [1.807, 2.05) is 49.2 Å². The first-order valence-electron chi connectivity index (χ1n) is 11.8. The van der Waals surface area contributed by atoms with Crippen LogP contribution in [-0.2, 0) is 17.9 Å². The van der Waals surface area contributed by atoms with Crippen LogP contribution in [0, 0.1) is 0 Å². The monoisotopic (exact) mass is 459 g/mol. The fourth-order valence-corrected chi connectivity index (χ4v) is 4.47. The molecule has 34 heavy (non-hydrogen) atoms. The highest BCUT2D eigenvalue weighted by atomic mass is 16.2. The van der Waals surface area contributed by atoms with Gasteiger partial charge in [0.15, 0.2) is 0 Å². The third-order valence-corrected chi connectivity index (χ3v) is 6.37. The van der Waals surface area contributed by atoms with Crippen molar-refractivity contribution >= 4 is 34.5 Å². The van der Waals surface area contributed by atoms with Crippen molar-refractivity contribution in [2.45, 2.75) is 45.8 Å². The predicted octanol–water partition coefficient (Wildman–Crippen LogP) is 3.04. The van der Waals surface area contributed by atoms with Gasteiger partial charge in [-0.25, -0.2) is 4.98 Å². The second kappa shape index (κ2) is 9.24. The van der Waals surface area contributed by atoms with E-state index < -0.39 is 0 Å². The Kier molecular flexibility index (Phi) is 6.00. The molecule has 1 saturated heterocycles. The Hall–Kier alpha value is -3.75. The smallest absolute Gasteiger partial charge is 0.273 e. The molecule has 5 rings (SSSR count). The molecule has 2 aromatic heterocycles. The Balaban J connectivity index is 1.36. The largest absolute Gasteiger partial charge is 0.365 e. The summed E-state index contributed by atoms with van der Waals surface area (Å²) in [5, 5.41) is 7.70. The van der Waals surface area contributed by atoms with Crippen LogP contribution in [0.5, 0.6) is 0 Å². The molecule has 9 heteroatoms. The highest BCUT2D eigenvalue weighted by Crippen LogP contribution is 2.30. The third-order valence-electron chi connectivity index (χ3n) is 6.37. The molecule has 0 unspecified atom stereocenters. The number of likely N-dealkylation sites (tertiary alicyclic amines) is 1. The molecule has 0 atom stereocenters. The first kappa shape index (κ1) is 22.1. The van der Waals surface area contributed by atoms with Gasteiger partial charge in [-0.3, -0.25) is 14.6 Å². The van der Waals surface area contributed by atoms with Gasteiger partial charge in [-0.1, -0.05) is 18.2 Å². The van der Waals surface area contributed by atoms with E-state index in [-0.39, 0.29) is 17.9 Å². The van der Waals surface area contributed by atoms with Crippen molar-refractivity contribution < 1.29 is 9.59 Å². The van der Waals surface area contributed by atoms with Crippen molar-refractivity contribution in [3.8, 4) is 0 Å². The topological polar surface area (TPSA) is 103 Å². The summed E-state index contributed by atoms with van der Waals surface area (Å²) in [4.78, 5) is 42.3. The van der Waals surface area contributed by atoms with Crippen LogP contribution in [0.2, 0.25) is 0 Å². The number of rotatable bonds is 8. The van der Waals surface area contributed by atoms with Gasteiger partial charge in [0.25, 0.3) is 5.91 Å². The number of fused-ring (bicyclic) bond motifs is 2. The second-order valence-electron chi connectivity index (χ2n) is 9.05. The number of para-hydroxylation sites is 1. The van der Waals surface area contributed by atoms with E-state index in [4.69, 9.17) is 4.98 Å². The van der Waals surface area contributed by atoms with Crippen molar-refractivity contribution in [2.24, 2.45) is 0 Å². The quantitative estimate of drug-likeness (QED) is 0.534. The summed E-state index contributed by atoms with van der Waals surface area (Å²) >= 11 is 0. The summed E-state index contributed by atoms with van der Waals surface area (Å²) in [6.45, 7) is 6.91. The Morgan fingerprint density at radius 3 is 2.76 bits per heavy atom. The summed E-state index contributed by atoms with van der Waals surface area (Å²) in [7, 11) is 0. The lowest BCUT2D eigenvalue weighted by Crippen LogP contribution is -2.31. The number of aromatic nitrogens is 3. The normalized spacial score (nSPS) is 15.5. The number of hydrogen-bond acceptors (Lipinski definition) is 7. The minimum absolute atomic E-state index is 0.0665. The van der Waals surface area contributed by atoms with Gasteiger partial charge < -0.3 is 20.4 Å². The zero-order valence-electron chi connectivity index (χ0n) is 19.5. The van der Waals surface area contributed by atoms with E-state index in [1.54, 1.807) is 4.90 Å². The molecular weight excluding hydrogens is 430 g/mol. The molecule has 2 N–H and O–H groups in total. The van der Waals surface area contributed by atoms with Crippen LogP contribution in [0.1, 0.15) is 48.3 Å². The summed E-state index contributed by atoms with van der Waals surface area (Å²) < 4.78 is 0. The molecule has 3 aromatic rings. The average Bonchev–Trinajstić information content (AvgIpc) is 3.40. The van der Waals surface area contributed by atoms with Gasteiger partial charge in [0.1, 0.15) is 11.5 Å². The molecule has 2 aliphatic rings. The molecule has 4 heterocycles. The highest BCUT2D eigenvalue weighted by Gasteiger charge is 2.34. The number of carbonyl (C=O) groups is 2. The van der Waals surface area contributed by atoms with Crippen molar-refractivity contribution in [3.63, 3.8) is 0 Å². The Bertz CT molecular complexity index is 1240. The van der Waals surface area contributed by atoms with E-state index in [1.165, 1.54) is 0 Å². The van der Waals surface area contributed by atoms with Crippen LogP contribution in [-0.4, -0.2) is 62.2 Å². The number of benzene rings is 1. The fraction of sp³-hybridized carbons (Fsp3) is 0.400. The maximum absolute atomic E-state index is 13.0. The van der Waals surface area contributed by atoms with E-state index in [9.17, 15) is 9.59 Å². The third kappa shape index (κ3) is 4.37. The molecule has 0 radical (unpaired) electrons. The highest BCUT2D eigenvalue weighted by molar-refractivity contribution is 5.98. The van der Waals surface area contributed by atoms with Crippen LogP contribution >= 0.6 is 0 Å². The minimum Gasteiger partial charge on any atom is -0.365 e. The van der Waals surface area contributed by atoms with Crippen LogP contribution < -0.4 is 10.6 Å². The van der Waals surface area contributed by atoms with Crippen LogP contribution in [0.15, 0.2) is 36.5 Å². The maximum atomic E-state index is 13.0. The molecule has 9 nitrogen and oxygen atoms in total. The summed E-state index contributed by atoms with van der Waals surface area (Å²) in [5.74, 6) is 1.14. The summed E-state index contributed by atoms with van der Waals surface area (Å²) in [5.41, 5.74) is 3.23. The number of nitrogens with one attached hydrogen (secondary N) is 2. The van der Waals surface area contributed by atoms with Crippen molar-refractivity contribution in [1.82, 2.24) is 24.8 Å². The molecule has 0 spiro atoms. The number of hydrogen-bond donors (Lipinski definition) is 2. The molecule has 2 amide bonds. The van der Waals surface area contributed by atoms with Gasteiger partial charge in [0, 0.05) is 55.8 Å². The van der Waals surface area contributed by atoms with Gasteiger partial charge in [-0.15, -0.1) is 0 Å². The van der Waals surface area contributed by atoms with Gasteiger partial charge >= 0.3 is 0 Å². The Morgan fingerprint density at radius 1 is 1.12 bits per heavy atom. The van der Waals surface area contributed by atoms with E-state index in [2.05, 4.69) is 26.7 Å². The van der Waals surface area contributed by atoms with Gasteiger partial charge in [-0.05, 0) is 38.0 Å². The maximum Gasteiger partial charge on any atom is 0.273 e. The number of anilines is 2.